The summed E-state index contributed by atoms with van der Waals surface area (Å²) in [6.07, 6.45) is 3.18. The van der Waals surface area contributed by atoms with Gasteiger partial charge in [0, 0.05) is 18.5 Å². The number of carbonyl (C=O) groups excluding carboxylic acids is 1. The predicted octanol–water partition coefficient (Wildman–Crippen LogP) is 0.204. The van der Waals surface area contributed by atoms with Gasteiger partial charge in [-0.05, 0) is 0 Å². The van der Waals surface area contributed by atoms with Crippen molar-refractivity contribution in [2.45, 2.75) is 25.8 Å². The van der Waals surface area contributed by atoms with Gasteiger partial charge >= 0.3 is 5.97 Å². The molecule has 1 aliphatic rings. The number of carboxylic acids is 1. The van der Waals surface area contributed by atoms with Gasteiger partial charge in [-0.3, -0.25) is 9.69 Å². The summed E-state index contributed by atoms with van der Waals surface area (Å²) in [6, 6.07) is 0. The monoisotopic (exact) mass is 213 g/mol. The largest absolute Gasteiger partial charge is 0.479 e. The predicted molar refractivity (Wildman–Crippen MR) is 52.9 cm³/mol. The van der Waals surface area contributed by atoms with E-state index in [9.17, 15) is 14.7 Å². The molecule has 1 heterocycles. The van der Waals surface area contributed by atoms with Crippen LogP contribution in [0.1, 0.15) is 20.3 Å². The van der Waals surface area contributed by atoms with Crippen LogP contribution in [-0.4, -0.2) is 39.1 Å². The molecule has 0 unspecified atom stereocenters. The summed E-state index contributed by atoms with van der Waals surface area (Å²) in [5, 5.41) is 18.2. The fourth-order valence-corrected chi connectivity index (χ4v) is 1.56. The number of rotatable bonds is 3. The number of carboxylic acid groups (broad SMARTS) is 1. The van der Waals surface area contributed by atoms with Crippen molar-refractivity contribution in [3.05, 3.63) is 12.3 Å². The molecule has 5 heteroatoms. The Bertz CT molecular complexity index is 311. The molecule has 1 atom stereocenters. The van der Waals surface area contributed by atoms with Crippen molar-refractivity contribution >= 4 is 11.9 Å². The molecule has 0 aromatic rings. The van der Waals surface area contributed by atoms with Gasteiger partial charge in [0.1, 0.15) is 0 Å². The van der Waals surface area contributed by atoms with Crippen LogP contribution in [0, 0.1) is 5.92 Å². The molecule has 0 saturated heterocycles. The molecule has 1 aliphatic heterocycles. The van der Waals surface area contributed by atoms with Crippen molar-refractivity contribution in [3.8, 4) is 0 Å². The SMILES string of the molecule is CC(C)C(=O)N1C=CC[C@@]1(CO)C(=O)O. The lowest BCUT2D eigenvalue weighted by Crippen LogP contribution is -2.55. The molecular weight excluding hydrogens is 198 g/mol. The highest BCUT2D eigenvalue weighted by atomic mass is 16.4. The lowest BCUT2D eigenvalue weighted by atomic mass is 9.96. The Morgan fingerprint density at radius 3 is 2.53 bits per heavy atom. The van der Waals surface area contributed by atoms with Gasteiger partial charge in [-0.15, -0.1) is 0 Å². The van der Waals surface area contributed by atoms with Gasteiger partial charge in [-0.2, -0.15) is 0 Å². The Balaban J connectivity index is 3.01. The molecule has 0 aromatic carbocycles. The van der Waals surface area contributed by atoms with Crippen LogP contribution in [0.15, 0.2) is 12.3 Å². The number of nitrogens with zero attached hydrogens (tertiary/aromatic N) is 1. The number of aliphatic carboxylic acids is 1. The highest BCUT2D eigenvalue weighted by Gasteiger charge is 2.47. The molecule has 84 valence electrons. The zero-order valence-corrected chi connectivity index (χ0v) is 8.80. The minimum absolute atomic E-state index is 0.150. The third kappa shape index (κ3) is 1.74. The second kappa shape index (κ2) is 4.02. The van der Waals surface area contributed by atoms with Gasteiger partial charge in [0.25, 0.3) is 0 Å². The van der Waals surface area contributed by atoms with Gasteiger partial charge in [-0.1, -0.05) is 19.9 Å². The van der Waals surface area contributed by atoms with Gasteiger partial charge in [-0.25, -0.2) is 4.79 Å². The summed E-state index contributed by atoms with van der Waals surface area (Å²) in [4.78, 5) is 23.9. The first-order valence-electron chi connectivity index (χ1n) is 4.80. The van der Waals surface area contributed by atoms with Crippen LogP contribution < -0.4 is 0 Å². The number of aliphatic hydroxyl groups excluding tert-OH is 1. The second-order valence-corrected chi connectivity index (χ2v) is 3.95. The Kier molecular flexibility index (Phi) is 3.14. The van der Waals surface area contributed by atoms with E-state index in [1.165, 1.54) is 6.20 Å². The summed E-state index contributed by atoms with van der Waals surface area (Å²) >= 11 is 0. The zero-order valence-electron chi connectivity index (χ0n) is 8.80. The smallest absolute Gasteiger partial charge is 0.332 e. The molecule has 0 aliphatic carbocycles. The number of amides is 1. The minimum atomic E-state index is -1.50. The van der Waals surface area contributed by atoms with Crippen molar-refractivity contribution in [2.75, 3.05) is 6.61 Å². The number of hydrogen-bond donors (Lipinski definition) is 2. The van der Waals surface area contributed by atoms with Gasteiger partial charge in [0.05, 0.1) is 6.61 Å². The molecule has 0 spiro atoms. The van der Waals surface area contributed by atoms with E-state index in [2.05, 4.69) is 0 Å². The molecule has 0 saturated carbocycles. The molecule has 0 radical (unpaired) electrons. The van der Waals surface area contributed by atoms with Crippen LogP contribution in [0.25, 0.3) is 0 Å². The van der Waals surface area contributed by atoms with Crippen molar-refractivity contribution in [3.63, 3.8) is 0 Å². The number of hydrogen-bond acceptors (Lipinski definition) is 3. The van der Waals surface area contributed by atoms with Gasteiger partial charge in [0.2, 0.25) is 5.91 Å². The molecule has 0 bridgehead atoms. The maximum absolute atomic E-state index is 11.7. The summed E-state index contributed by atoms with van der Waals surface area (Å²) in [5.41, 5.74) is -1.50. The van der Waals surface area contributed by atoms with Crippen LogP contribution in [-0.2, 0) is 9.59 Å². The highest BCUT2D eigenvalue weighted by molar-refractivity contribution is 5.89. The summed E-state index contributed by atoms with van der Waals surface area (Å²) < 4.78 is 0. The van der Waals surface area contributed by atoms with E-state index in [4.69, 9.17) is 5.11 Å². The first kappa shape index (κ1) is 11.7. The van der Waals surface area contributed by atoms with Crippen LogP contribution in [0.3, 0.4) is 0 Å². The molecule has 1 rings (SSSR count). The Morgan fingerprint density at radius 2 is 2.13 bits per heavy atom. The van der Waals surface area contributed by atoms with Crippen LogP contribution in [0.5, 0.6) is 0 Å². The molecule has 1 amide bonds. The van der Waals surface area contributed by atoms with E-state index in [0.29, 0.717) is 0 Å². The van der Waals surface area contributed by atoms with Crippen molar-refractivity contribution in [2.24, 2.45) is 5.92 Å². The lowest BCUT2D eigenvalue weighted by molar-refractivity contribution is -0.158. The quantitative estimate of drug-likeness (QED) is 0.702. The first-order chi connectivity index (χ1) is 6.95. The maximum atomic E-state index is 11.7. The summed E-state index contributed by atoms with van der Waals surface area (Å²) in [5.74, 6) is -1.76. The molecule has 15 heavy (non-hydrogen) atoms. The lowest BCUT2D eigenvalue weighted by Gasteiger charge is -2.33. The third-order valence-corrected chi connectivity index (χ3v) is 2.56. The van der Waals surface area contributed by atoms with Crippen molar-refractivity contribution in [1.82, 2.24) is 4.90 Å². The van der Waals surface area contributed by atoms with E-state index < -0.39 is 18.1 Å². The van der Waals surface area contributed by atoms with Crippen LogP contribution >= 0.6 is 0 Å². The minimum Gasteiger partial charge on any atom is -0.479 e. The standard InChI is InChI=1S/C10H15NO4/c1-7(2)8(13)11-5-3-4-10(11,6-12)9(14)15/h3,5,7,12H,4,6H2,1-2H3,(H,14,15)/t10-/m1/s1. The van der Waals surface area contributed by atoms with E-state index >= 15 is 0 Å². The molecular formula is C10H15NO4. The average Bonchev–Trinajstić information content (AvgIpc) is 2.60. The highest BCUT2D eigenvalue weighted by Crippen LogP contribution is 2.28. The van der Waals surface area contributed by atoms with Gasteiger partial charge in [0.15, 0.2) is 5.54 Å². The second-order valence-electron chi connectivity index (χ2n) is 3.95. The number of carbonyl (C=O) groups is 2. The maximum Gasteiger partial charge on any atom is 0.332 e. The van der Waals surface area contributed by atoms with Crippen molar-refractivity contribution < 1.29 is 19.8 Å². The Hall–Kier alpha value is -1.36. The van der Waals surface area contributed by atoms with Gasteiger partial charge < -0.3 is 10.2 Å². The first-order valence-corrected chi connectivity index (χ1v) is 4.80. The summed E-state index contributed by atoms with van der Waals surface area (Å²) in [7, 11) is 0. The van der Waals surface area contributed by atoms with E-state index in [1.54, 1.807) is 19.9 Å². The molecule has 0 fully saturated rings. The molecule has 2 N–H and O–H groups in total. The Morgan fingerprint density at radius 1 is 1.53 bits per heavy atom. The van der Waals surface area contributed by atoms with Crippen LogP contribution in [0.4, 0.5) is 0 Å². The van der Waals surface area contributed by atoms with Crippen molar-refractivity contribution in [1.29, 1.82) is 0 Å². The fourth-order valence-electron chi connectivity index (χ4n) is 1.56. The number of aliphatic hydroxyl groups is 1. The van der Waals surface area contributed by atoms with E-state index in [1.807, 2.05) is 0 Å². The fraction of sp³-hybridized carbons (Fsp3) is 0.600. The van der Waals surface area contributed by atoms with E-state index in [-0.39, 0.29) is 18.2 Å². The third-order valence-electron chi connectivity index (χ3n) is 2.56. The van der Waals surface area contributed by atoms with Crippen LogP contribution in [0.2, 0.25) is 0 Å². The normalized spacial score (nSPS) is 24.9. The topological polar surface area (TPSA) is 77.8 Å². The molecule has 5 nitrogen and oxygen atoms in total. The molecule has 0 aromatic heterocycles. The summed E-state index contributed by atoms with van der Waals surface area (Å²) in [6.45, 7) is 2.81. The zero-order chi connectivity index (χ0) is 11.6. The van der Waals surface area contributed by atoms with E-state index in [0.717, 1.165) is 4.90 Å². The Labute approximate surface area is 88.0 Å². The average molecular weight is 213 g/mol.